The smallest absolute Gasteiger partial charge is 0.340 e. The quantitative estimate of drug-likeness (QED) is 0.368. The number of nitrogens with one attached hydrogen (secondary N) is 2. The second kappa shape index (κ2) is 7.02. The van der Waals surface area contributed by atoms with Gasteiger partial charge in [-0.3, -0.25) is 4.79 Å². The lowest BCUT2D eigenvalue weighted by Gasteiger charge is -2.01. The van der Waals surface area contributed by atoms with Gasteiger partial charge in [0.05, 0.1) is 0 Å². The Hall–Kier alpha value is -1.65. The Morgan fingerprint density at radius 3 is 2.54 bits per heavy atom. The maximum absolute atomic E-state index is 10.7. The topological polar surface area (TPSA) is 70.6 Å². The van der Waals surface area contributed by atoms with Crippen LogP contribution in [0, 0.1) is 0 Å². The van der Waals surface area contributed by atoms with Crippen LogP contribution >= 0.6 is 0 Å². The second-order valence-corrected chi connectivity index (χ2v) is 2.11. The molecule has 0 aromatic rings. The van der Waals surface area contributed by atoms with E-state index in [0.29, 0.717) is 13.1 Å². The van der Waals surface area contributed by atoms with Crippen LogP contribution in [0.4, 0.5) is 4.79 Å². The highest BCUT2D eigenvalue weighted by Crippen LogP contribution is 1.71. The molecular formula is C8H13N3O2. The van der Waals surface area contributed by atoms with E-state index in [1.807, 2.05) is 0 Å². The van der Waals surface area contributed by atoms with Crippen LogP contribution in [0.2, 0.25) is 0 Å². The van der Waals surface area contributed by atoms with Gasteiger partial charge >= 0.3 is 6.03 Å². The average Bonchev–Trinajstić information content (AvgIpc) is 2.12. The Morgan fingerprint density at radius 1 is 1.38 bits per heavy atom. The molecule has 13 heavy (non-hydrogen) atoms. The van der Waals surface area contributed by atoms with Crippen LogP contribution in [-0.4, -0.2) is 31.2 Å². The Balaban J connectivity index is 3.40. The van der Waals surface area contributed by atoms with E-state index in [4.69, 9.17) is 0 Å². The fraction of sp³-hybridized carbons (Fsp3) is 0.375. The summed E-state index contributed by atoms with van der Waals surface area (Å²) in [4.78, 5) is 24.8. The molecule has 0 radical (unpaired) electrons. The lowest BCUT2D eigenvalue weighted by atomic mass is 10.5. The first-order valence-corrected chi connectivity index (χ1v) is 3.87. The van der Waals surface area contributed by atoms with Crippen molar-refractivity contribution in [2.75, 3.05) is 13.1 Å². The van der Waals surface area contributed by atoms with Gasteiger partial charge in [-0.25, -0.2) is 9.79 Å². The lowest BCUT2D eigenvalue weighted by molar-refractivity contribution is -0.116. The number of hydrogen-bond donors (Lipinski definition) is 2. The minimum absolute atomic E-state index is 0.256. The van der Waals surface area contributed by atoms with Crippen molar-refractivity contribution in [3.63, 3.8) is 0 Å². The highest BCUT2D eigenvalue weighted by molar-refractivity contribution is 5.87. The third-order valence-electron chi connectivity index (χ3n) is 1.13. The monoisotopic (exact) mass is 183 g/mol. The van der Waals surface area contributed by atoms with Gasteiger partial charge in [0, 0.05) is 19.3 Å². The maximum atomic E-state index is 10.7. The number of nitrogens with zero attached hydrogens (tertiary/aromatic N) is 1. The number of carbonyl (C=O) groups excluding carboxylic acids is 2. The largest absolute Gasteiger partial charge is 0.351 e. The van der Waals surface area contributed by atoms with Crippen molar-refractivity contribution in [2.45, 2.75) is 6.92 Å². The molecule has 0 aromatic carbocycles. The van der Waals surface area contributed by atoms with Gasteiger partial charge in [-0.2, -0.15) is 0 Å². The van der Waals surface area contributed by atoms with Crippen molar-refractivity contribution in [1.29, 1.82) is 0 Å². The normalized spacial score (nSPS) is 9.62. The molecule has 0 aliphatic rings. The van der Waals surface area contributed by atoms with Crippen LogP contribution < -0.4 is 10.6 Å². The molecule has 5 heteroatoms. The summed E-state index contributed by atoms with van der Waals surface area (Å²) >= 11 is 0. The molecule has 0 aliphatic heterocycles. The van der Waals surface area contributed by atoms with Gasteiger partial charge in [0.2, 0.25) is 5.91 Å². The number of aliphatic imine (C=N–C) groups is 1. The van der Waals surface area contributed by atoms with Gasteiger partial charge in [-0.05, 0) is 13.0 Å². The van der Waals surface area contributed by atoms with Crippen LogP contribution in [0.3, 0.4) is 0 Å². The van der Waals surface area contributed by atoms with E-state index in [0.717, 1.165) is 0 Å². The molecule has 0 heterocycles. The molecule has 5 nitrogen and oxygen atoms in total. The minimum Gasteiger partial charge on any atom is -0.351 e. The minimum atomic E-state index is -0.407. The van der Waals surface area contributed by atoms with Crippen LogP contribution in [0.5, 0.6) is 0 Å². The Labute approximate surface area is 76.9 Å². The molecule has 0 aliphatic carbocycles. The molecule has 2 N–H and O–H groups in total. The molecule has 3 amide bonds. The average molecular weight is 183 g/mol. The van der Waals surface area contributed by atoms with Crippen LogP contribution in [-0.2, 0) is 4.79 Å². The third-order valence-corrected chi connectivity index (χ3v) is 1.13. The molecule has 0 bridgehead atoms. The third kappa shape index (κ3) is 6.74. The van der Waals surface area contributed by atoms with Gasteiger partial charge < -0.3 is 10.6 Å². The predicted molar refractivity (Wildman–Crippen MR) is 50.8 cm³/mol. The van der Waals surface area contributed by atoms with E-state index in [1.165, 1.54) is 12.3 Å². The lowest BCUT2D eigenvalue weighted by Crippen LogP contribution is -2.32. The first kappa shape index (κ1) is 11.4. The fourth-order valence-electron chi connectivity index (χ4n) is 0.590. The molecule has 0 unspecified atom stereocenters. The highest BCUT2D eigenvalue weighted by atomic mass is 16.2. The van der Waals surface area contributed by atoms with Gasteiger partial charge in [0.15, 0.2) is 0 Å². The molecule has 72 valence electrons. The molecule has 0 spiro atoms. The molecular weight excluding hydrogens is 170 g/mol. The van der Waals surface area contributed by atoms with E-state index in [-0.39, 0.29) is 5.91 Å². The summed E-state index contributed by atoms with van der Waals surface area (Å²) in [6.07, 6.45) is 2.57. The van der Waals surface area contributed by atoms with Gasteiger partial charge in [-0.15, -0.1) is 0 Å². The molecule has 0 atom stereocenters. The summed E-state index contributed by atoms with van der Waals surface area (Å²) in [5.74, 6) is -0.256. The van der Waals surface area contributed by atoms with Gasteiger partial charge in [0.25, 0.3) is 0 Å². The number of amides is 3. The number of urea groups is 1. The fourth-order valence-corrected chi connectivity index (χ4v) is 0.590. The van der Waals surface area contributed by atoms with Crippen molar-refractivity contribution >= 4 is 18.2 Å². The zero-order valence-electron chi connectivity index (χ0n) is 7.54. The van der Waals surface area contributed by atoms with Crippen molar-refractivity contribution in [1.82, 2.24) is 10.6 Å². The summed E-state index contributed by atoms with van der Waals surface area (Å²) in [7, 11) is 0. The number of hydrogen-bond acceptors (Lipinski definition) is 2. The molecule has 0 aromatic heterocycles. The maximum Gasteiger partial charge on any atom is 0.340 e. The second-order valence-electron chi connectivity index (χ2n) is 2.11. The Morgan fingerprint density at radius 2 is 2.00 bits per heavy atom. The first-order chi connectivity index (χ1) is 6.20. The number of carbonyl (C=O) groups is 2. The summed E-state index contributed by atoms with van der Waals surface area (Å²) in [5.41, 5.74) is 0. The summed E-state index contributed by atoms with van der Waals surface area (Å²) in [6.45, 7) is 5.66. The Kier molecular flexibility index (Phi) is 6.13. The summed E-state index contributed by atoms with van der Waals surface area (Å²) in [5, 5.41) is 4.98. The highest BCUT2D eigenvalue weighted by Gasteiger charge is 1.95. The molecule has 0 rings (SSSR count). The zero-order valence-corrected chi connectivity index (χ0v) is 7.54. The SMILES string of the molecule is C=CC(=O)NCCNC(=O)/N=C/C. The molecule has 0 fully saturated rings. The van der Waals surface area contributed by atoms with E-state index in [9.17, 15) is 9.59 Å². The Bertz CT molecular complexity index is 223. The molecule has 0 saturated heterocycles. The van der Waals surface area contributed by atoms with Gasteiger partial charge in [0.1, 0.15) is 0 Å². The summed E-state index contributed by atoms with van der Waals surface area (Å²) in [6, 6.07) is -0.407. The van der Waals surface area contributed by atoms with E-state index in [2.05, 4.69) is 22.2 Å². The van der Waals surface area contributed by atoms with Gasteiger partial charge in [-0.1, -0.05) is 6.58 Å². The molecule has 0 saturated carbocycles. The standard InChI is InChI=1S/C8H13N3O2/c1-3-7(12)10-5-6-11-8(13)9-4-2/h3-4H,1,5-6H2,2H3,(H,10,12)(H,11,13)/b9-4+. The zero-order chi connectivity index (χ0) is 10.1. The van der Waals surface area contributed by atoms with Crippen LogP contribution in [0.15, 0.2) is 17.6 Å². The van der Waals surface area contributed by atoms with Crippen molar-refractivity contribution in [3.8, 4) is 0 Å². The number of rotatable bonds is 4. The van der Waals surface area contributed by atoms with Crippen molar-refractivity contribution < 1.29 is 9.59 Å². The van der Waals surface area contributed by atoms with Crippen molar-refractivity contribution in [2.24, 2.45) is 4.99 Å². The predicted octanol–water partition coefficient (Wildman–Crippen LogP) is 0.0889. The van der Waals surface area contributed by atoms with E-state index < -0.39 is 6.03 Å². The van der Waals surface area contributed by atoms with Crippen molar-refractivity contribution in [3.05, 3.63) is 12.7 Å². The van der Waals surface area contributed by atoms with Crippen LogP contribution in [0.1, 0.15) is 6.92 Å². The van der Waals surface area contributed by atoms with E-state index in [1.54, 1.807) is 6.92 Å². The first-order valence-electron chi connectivity index (χ1n) is 3.87. The van der Waals surface area contributed by atoms with Crippen LogP contribution in [0.25, 0.3) is 0 Å². The van der Waals surface area contributed by atoms with E-state index >= 15 is 0 Å². The summed E-state index contributed by atoms with van der Waals surface area (Å²) < 4.78 is 0.